The van der Waals surface area contributed by atoms with Crippen LogP contribution in [0.2, 0.25) is 0 Å². The van der Waals surface area contributed by atoms with Gasteiger partial charge in [0.25, 0.3) is 0 Å². The Balaban J connectivity index is 3.08. The third kappa shape index (κ3) is 2.84. The van der Waals surface area contributed by atoms with Gasteiger partial charge in [-0.3, -0.25) is 0 Å². The van der Waals surface area contributed by atoms with Gasteiger partial charge in [-0.15, -0.1) is 0 Å². The van der Waals surface area contributed by atoms with Crippen LogP contribution < -0.4 is 0 Å². The van der Waals surface area contributed by atoms with Crippen molar-refractivity contribution in [2.45, 2.75) is 33.0 Å². The van der Waals surface area contributed by atoms with Crippen LogP contribution in [0.4, 0.5) is 0 Å². The van der Waals surface area contributed by atoms with Crippen molar-refractivity contribution in [2.75, 3.05) is 7.11 Å². The Morgan fingerprint density at radius 3 is 2.18 bits per heavy atom. The van der Waals surface area contributed by atoms with Crippen molar-refractivity contribution in [2.24, 2.45) is 0 Å². The first kappa shape index (κ1) is 13.7. The molecule has 0 saturated heterocycles. The number of carbonyl (C=O) groups is 1. The smallest absolute Gasteiger partial charge is 0.337 e. The molecule has 2 N–H and O–H groups in total. The SMILES string of the molecule is COC(=O)C(O)C(O)c1cc(C)c(C)cc1C. The molecule has 0 aliphatic rings. The third-order valence-corrected chi connectivity index (χ3v) is 2.94. The molecule has 0 aromatic heterocycles. The molecule has 0 aliphatic heterocycles. The second kappa shape index (κ2) is 5.29. The van der Waals surface area contributed by atoms with Crippen LogP contribution in [0, 0.1) is 20.8 Å². The van der Waals surface area contributed by atoms with E-state index >= 15 is 0 Å². The molecule has 0 saturated carbocycles. The number of hydrogen-bond donors (Lipinski definition) is 2. The summed E-state index contributed by atoms with van der Waals surface area (Å²) in [6, 6.07) is 3.69. The van der Waals surface area contributed by atoms with Crippen LogP contribution in [-0.4, -0.2) is 29.4 Å². The minimum atomic E-state index is -1.55. The minimum absolute atomic E-state index is 0.547. The lowest BCUT2D eigenvalue weighted by atomic mass is 9.95. The van der Waals surface area contributed by atoms with E-state index in [1.807, 2.05) is 26.8 Å². The molecule has 0 fully saturated rings. The van der Waals surface area contributed by atoms with Crippen LogP contribution in [0.1, 0.15) is 28.4 Å². The number of carbonyl (C=O) groups excluding carboxylic acids is 1. The van der Waals surface area contributed by atoms with Gasteiger partial charge in [0.15, 0.2) is 6.10 Å². The molecule has 1 rings (SSSR count). The van der Waals surface area contributed by atoms with Crippen LogP contribution in [-0.2, 0) is 9.53 Å². The number of aliphatic hydroxyl groups excluding tert-OH is 2. The first-order valence-corrected chi connectivity index (χ1v) is 5.40. The third-order valence-electron chi connectivity index (χ3n) is 2.94. The molecule has 17 heavy (non-hydrogen) atoms. The molecule has 0 aliphatic carbocycles. The molecule has 4 nitrogen and oxygen atoms in total. The van der Waals surface area contributed by atoms with Gasteiger partial charge in [0.2, 0.25) is 0 Å². The van der Waals surface area contributed by atoms with Gasteiger partial charge in [-0.2, -0.15) is 0 Å². The van der Waals surface area contributed by atoms with Gasteiger partial charge in [0.1, 0.15) is 6.10 Å². The van der Waals surface area contributed by atoms with Crippen molar-refractivity contribution < 1.29 is 19.7 Å². The molecule has 0 bridgehead atoms. The zero-order valence-electron chi connectivity index (χ0n) is 10.5. The Morgan fingerprint density at radius 2 is 1.65 bits per heavy atom. The van der Waals surface area contributed by atoms with Crippen molar-refractivity contribution in [1.29, 1.82) is 0 Å². The highest BCUT2D eigenvalue weighted by Gasteiger charge is 2.27. The normalized spacial score (nSPS) is 14.2. The molecule has 2 unspecified atom stereocenters. The predicted molar refractivity (Wildman–Crippen MR) is 63.6 cm³/mol. The van der Waals surface area contributed by atoms with E-state index in [4.69, 9.17) is 0 Å². The maximum absolute atomic E-state index is 11.2. The van der Waals surface area contributed by atoms with E-state index in [-0.39, 0.29) is 0 Å². The minimum Gasteiger partial charge on any atom is -0.467 e. The summed E-state index contributed by atoms with van der Waals surface area (Å²) >= 11 is 0. The summed E-state index contributed by atoms with van der Waals surface area (Å²) in [4.78, 5) is 11.2. The van der Waals surface area contributed by atoms with Gasteiger partial charge in [-0.05, 0) is 43.0 Å². The average molecular weight is 238 g/mol. The molecule has 2 atom stereocenters. The van der Waals surface area contributed by atoms with E-state index in [0.717, 1.165) is 16.7 Å². The van der Waals surface area contributed by atoms with Crippen LogP contribution in [0.3, 0.4) is 0 Å². The van der Waals surface area contributed by atoms with E-state index in [9.17, 15) is 15.0 Å². The molecular formula is C13H18O4. The first-order chi connectivity index (χ1) is 7.88. The Kier molecular flexibility index (Phi) is 4.26. The van der Waals surface area contributed by atoms with Crippen molar-refractivity contribution in [3.63, 3.8) is 0 Å². The van der Waals surface area contributed by atoms with Crippen molar-refractivity contribution in [1.82, 2.24) is 0 Å². The van der Waals surface area contributed by atoms with Gasteiger partial charge in [-0.25, -0.2) is 4.79 Å². The molecule has 4 heteroatoms. The van der Waals surface area contributed by atoms with E-state index in [1.54, 1.807) is 6.07 Å². The molecule has 94 valence electrons. The largest absolute Gasteiger partial charge is 0.467 e. The fraction of sp³-hybridized carbons (Fsp3) is 0.462. The molecular weight excluding hydrogens is 220 g/mol. The zero-order valence-corrected chi connectivity index (χ0v) is 10.5. The second-order valence-electron chi connectivity index (χ2n) is 4.21. The Labute approximate surface area is 101 Å². The van der Waals surface area contributed by atoms with Gasteiger partial charge in [-0.1, -0.05) is 12.1 Å². The molecule has 1 aromatic rings. The lowest BCUT2D eigenvalue weighted by Gasteiger charge is -2.19. The van der Waals surface area contributed by atoms with E-state index in [0.29, 0.717) is 5.56 Å². The van der Waals surface area contributed by atoms with Crippen LogP contribution in [0.25, 0.3) is 0 Å². The first-order valence-electron chi connectivity index (χ1n) is 5.40. The highest BCUT2D eigenvalue weighted by molar-refractivity contribution is 5.75. The molecule has 0 spiro atoms. The maximum atomic E-state index is 11.2. The number of benzene rings is 1. The Morgan fingerprint density at radius 1 is 1.12 bits per heavy atom. The summed E-state index contributed by atoms with van der Waals surface area (Å²) in [7, 11) is 1.17. The molecule has 0 amide bonds. The highest BCUT2D eigenvalue weighted by Crippen LogP contribution is 2.24. The summed E-state index contributed by atoms with van der Waals surface area (Å²) in [5.41, 5.74) is 3.49. The van der Waals surface area contributed by atoms with Crippen molar-refractivity contribution in [3.05, 3.63) is 34.4 Å². The summed E-state index contributed by atoms with van der Waals surface area (Å²) in [5.74, 6) is -0.838. The lowest BCUT2D eigenvalue weighted by molar-refractivity contribution is -0.156. The fourth-order valence-corrected chi connectivity index (χ4v) is 1.72. The number of methoxy groups -OCH3 is 1. The number of rotatable bonds is 3. The summed E-state index contributed by atoms with van der Waals surface area (Å²) in [6.07, 6.45) is -2.82. The van der Waals surface area contributed by atoms with Crippen molar-refractivity contribution in [3.8, 4) is 0 Å². The van der Waals surface area contributed by atoms with Gasteiger partial charge in [0.05, 0.1) is 7.11 Å². The fourth-order valence-electron chi connectivity index (χ4n) is 1.72. The number of aryl methyl sites for hydroxylation is 3. The predicted octanol–water partition coefficient (Wildman–Crippen LogP) is 1.18. The number of esters is 1. The van der Waals surface area contributed by atoms with Crippen LogP contribution in [0.15, 0.2) is 12.1 Å². The number of aliphatic hydroxyl groups is 2. The van der Waals surface area contributed by atoms with Crippen LogP contribution in [0.5, 0.6) is 0 Å². The van der Waals surface area contributed by atoms with E-state index in [2.05, 4.69) is 4.74 Å². The van der Waals surface area contributed by atoms with Crippen LogP contribution >= 0.6 is 0 Å². The number of hydrogen-bond acceptors (Lipinski definition) is 4. The summed E-state index contributed by atoms with van der Waals surface area (Å²) in [5, 5.41) is 19.5. The lowest BCUT2D eigenvalue weighted by Crippen LogP contribution is -2.29. The quantitative estimate of drug-likeness (QED) is 0.776. The molecule has 0 heterocycles. The van der Waals surface area contributed by atoms with Gasteiger partial charge >= 0.3 is 5.97 Å². The zero-order chi connectivity index (χ0) is 13.2. The number of ether oxygens (including phenoxy) is 1. The van der Waals surface area contributed by atoms with Crippen molar-refractivity contribution >= 4 is 5.97 Å². The van der Waals surface area contributed by atoms with E-state index < -0.39 is 18.2 Å². The molecule has 1 aromatic carbocycles. The average Bonchev–Trinajstić information content (AvgIpc) is 2.31. The second-order valence-corrected chi connectivity index (χ2v) is 4.21. The summed E-state index contributed by atoms with van der Waals surface area (Å²) in [6.45, 7) is 5.71. The Hall–Kier alpha value is -1.39. The van der Waals surface area contributed by atoms with E-state index in [1.165, 1.54) is 7.11 Å². The van der Waals surface area contributed by atoms with Gasteiger partial charge in [0, 0.05) is 0 Å². The standard InChI is InChI=1S/C13H18O4/c1-7-5-9(3)10(6-8(7)2)11(14)12(15)13(16)17-4/h5-6,11-12,14-15H,1-4H3. The summed E-state index contributed by atoms with van der Waals surface area (Å²) < 4.78 is 4.40. The molecule has 0 radical (unpaired) electrons. The Bertz CT molecular complexity index is 426. The highest BCUT2D eigenvalue weighted by atomic mass is 16.5. The van der Waals surface area contributed by atoms with Gasteiger partial charge < -0.3 is 14.9 Å². The maximum Gasteiger partial charge on any atom is 0.337 e. The monoisotopic (exact) mass is 238 g/mol. The topological polar surface area (TPSA) is 66.8 Å².